The molecule has 0 saturated carbocycles. The van der Waals surface area contributed by atoms with Gasteiger partial charge in [0.15, 0.2) is 0 Å². The summed E-state index contributed by atoms with van der Waals surface area (Å²) in [6, 6.07) is 4.65. The number of piperazine rings is 1. The van der Waals surface area contributed by atoms with Gasteiger partial charge in [-0.25, -0.2) is 9.78 Å². The lowest BCUT2D eigenvalue weighted by Crippen LogP contribution is -2.44. The number of nitrogens with one attached hydrogen (secondary N) is 2. The second-order valence-electron chi connectivity index (χ2n) is 8.16. The molecule has 2 amide bonds. The minimum absolute atomic E-state index is 0.0929. The Hall–Kier alpha value is -1.86. The first-order valence-corrected chi connectivity index (χ1v) is 10.8. The van der Waals surface area contributed by atoms with E-state index in [2.05, 4.69) is 50.4 Å². The highest BCUT2D eigenvalue weighted by atomic mass is 16.2. The van der Waals surface area contributed by atoms with Crippen molar-refractivity contribution in [2.45, 2.75) is 45.2 Å². The van der Waals surface area contributed by atoms with E-state index >= 15 is 0 Å². The maximum atomic E-state index is 12.1. The van der Waals surface area contributed by atoms with E-state index in [9.17, 15) is 4.79 Å². The van der Waals surface area contributed by atoms with Crippen molar-refractivity contribution in [1.82, 2.24) is 25.4 Å². The lowest BCUT2D eigenvalue weighted by molar-refractivity contribution is 0.159. The second-order valence-corrected chi connectivity index (χ2v) is 8.16. The van der Waals surface area contributed by atoms with Gasteiger partial charge in [0.2, 0.25) is 0 Å². The van der Waals surface area contributed by atoms with Gasteiger partial charge in [0, 0.05) is 58.1 Å². The van der Waals surface area contributed by atoms with Gasteiger partial charge in [0.25, 0.3) is 0 Å². The van der Waals surface area contributed by atoms with E-state index in [0.29, 0.717) is 12.6 Å². The summed E-state index contributed by atoms with van der Waals surface area (Å²) >= 11 is 0. The van der Waals surface area contributed by atoms with Gasteiger partial charge in [-0.05, 0) is 57.5 Å². The number of amides is 2. The van der Waals surface area contributed by atoms with Crippen LogP contribution in [0.15, 0.2) is 18.3 Å². The van der Waals surface area contributed by atoms with Crippen LogP contribution in [0.4, 0.5) is 10.6 Å². The van der Waals surface area contributed by atoms with Gasteiger partial charge in [-0.1, -0.05) is 6.42 Å². The first-order chi connectivity index (χ1) is 13.6. The summed E-state index contributed by atoms with van der Waals surface area (Å²) in [6.45, 7) is 9.93. The number of carbonyl (C=O) groups excluding carboxylic acids is 1. The highest BCUT2D eigenvalue weighted by Gasteiger charge is 2.17. The van der Waals surface area contributed by atoms with Crippen LogP contribution < -0.4 is 15.5 Å². The molecule has 2 aliphatic rings. The molecule has 1 atom stereocenters. The van der Waals surface area contributed by atoms with Gasteiger partial charge < -0.3 is 25.3 Å². The van der Waals surface area contributed by atoms with E-state index in [0.717, 1.165) is 57.1 Å². The van der Waals surface area contributed by atoms with Gasteiger partial charge in [-0.3, -0.25) is 0 Å². The molecule has 0 spiro atoms. The number of pyridine rings is 1. The monoisotopic (exact) mass is 388 g/mol. The van der Waals surface area contributed by atoms with Crippen molar-refractivity contribution < 1.29 is 4.79 Å². The van der Waals surface area contributed by atoms with Crippen molar-refractivity contribution in [3.8, 4) is 0 Å². The zero-order chi connectivity index (χ0) is 19.8. The van der Waals surface area contributed by atoms with Crippen LogP contribution in [0.3, 0.4) is 0 Å². The number of nitrogens with zero attached hydrogens (tertiary/aromatic N) is 4. The fraction of sp³-hybridized carbons (Fsp3) is 0.714. The molecule has 0 aromatic carbocycles. The molecule has 3 heterocycles. The first-order valence-electron chi connectivity index (χ1n) is 10.8. The van der Waals surface area contributed by atoms with E-state index in [1.54, 1.807) is 0 Å². The minimum Gasteiger partial charge on any atom is -0.354 e. The number of carbonyl (C=O) groups is 1. The highest BCUT2D eigenvalue weighted by Crippen LogP contribution is 2.16. The van der Waals surface area contributed by atoms with Crippen LogP contribution in [0.2, 0.25) is 0 Å². The standard InChI is InChI=1S/C21H36N6O/c1-18-6-3-4-10-26(18)11-5-8-23-21(28)24-17-19-7-9-22-20(16-19)27-14-12-25(2)13-15-27/h7,9,16,18H,3-6,8,10-15,17H2,1-2H3,(H2,23,24,28). The molecule has 0 aliphatic carbocycles. The molecule has 3 rings (SSSR count). The quantitative estimate of drug-likeness (QED) is 0.699. The molecule has 2 aliphatic heterocycles. The summed E-state index contributed by atoms with van der Waals surface area (Å²) in [5, 5.41) is 5.95. The van der Waals surface area contributed by atoms with Crippen LogP contribution in [0.5, 0.6) is 0 Å². The summed E-state index contributed by atoms with van der Waals surface area (Å²) in [7, 11) is 2.15. The smallest absolute Gasteiger partial charge is 0.315 e. The van der Waals surface area contributed by atoms with Crippen molar-refractivity contribution >= 4 is 11.8 Å². The zero-order valence-electron chi connectivity index (χ0n) is 17.5. The summed E-state index contributed by atoms with van der Waals surface area (Å²) in [6.07, 6.45) is 6.79. The third kappa shape index (κ3) is 6.34. The van der Waals surface area contributed by atoms with Crippen LogP contribution in [0, 0.1) is 0 Å². The maximum absolute atomic E-state index is 12.1. The van der Waals surface area contributed by atoms with Crippen molar-refractivity contribution in [2.24, 2.45) is 0 Å². The summed E-state index contributed by atoms with van der Waals surface area (Å²) in [5.41, 5.74) is 1.08. The Kier molecular flexibility index (Phi) is 7.91. The predicted molar refractivity (Wildman–Crippen MR) is 114 cm³/mol. The zero-order valence-corrected chi connectivity index (χ0v) is 17.5. The van der Waals surface area contributed by atoms with Gasteiger partial charge >= 0.3 is 6.03 Å². The molecule has 2 fully saturated rings. The molecule has 1 aromatic rings. The van der Waals surface area contributed by atoms with Crippen LogP contribution in [0.25, 0.3) is 0 Å². The molecule has 28 heavy (non-hydrogen) atoms. The lowest BCUT2D eigenvalue weighted by Gasteiger charge is -2.33. The molecule has 0 bridgehead atoms. The fourth-order valence-corrected chi connectivity index (χ4v) is 4.00. The molecule has 2 N–H and O–H groups in total. The Morgan fingerprint density at radius 1 is 1.18 bits per heavy atom. The SMILES string of the molecule is CC1CCCCN1CCCNC(=O)NCc1ccnc(N2CCN(C)CC2)c1. The van der Waals surface area contributed by atoms with E-state index in [1.165, 1.54) is 25.8 Å². The molecule has 1 unspecified atom stereocenters. The molecule has 0 radical (unpaired) electrons. The minimum atomic E-state index is -0.0929. The number of urea groups is 1. The van der Waals surface area contributed by atoms with Crippen molar-refractivity contribution in [3.05, 3.63) is 23.9 Å². The number of likely N-dealkylation sites (tertiary alicyclic amines) is 1. The fourth-order valence-electron chi connectivity index (χ4n) is 4.00. The number of hydrogen-bond donors (Lipinski definition) is 2. The molecular weight excluding hydrogens is 352 g/mol. The van der Waals surface area contributed by atoms with Crippen LogP contribution in [-0.2, 0) is 6.54 Å². The van der Waals surface area contributed by atoms with Gasteiger partial charge in [-0.2, -0.15) is 0 Å². The van der Waals surface area contributed by atoms with Crippen molar-refractivity contribution in [3.63, 3.8) is 0 Å². The van der Waals surface area contributed by atoms with Crippen LogP contribution >= 0.6 is 0 Å². The number of aromatic nitrogens is 1. The van der Waals surface area contributed by atoms with Crippen LogP contribution in [-0.4, -0.2) is 79.7 Å². The number of rotatable bonds is 7. The average molecular weight is 389 g/mol. The van der Waals surface area contributed by atoms with Gasteiger partial charge in [-0.15, -0.1) is 0 Å². The third-order valence-electron chi connectivity index (χ3n) is 5.94. The van der Waals surface area contributed by atoms with E-state index in [-0.39, 0.29) is 6.03 Å². The first kappa shape index (κ1) is 20.9. The average Bonchev–Trinajstić information content (AvgIpc) is 2.71. The molecule has 7 heteroatoms. The molecule has 2 saturated heterocycles. The Bertz CT molecular complexity index is 617. The largest absolute Gasteiger partial charge is 0.354 e. The number of likely N-dealkylation sites (N-methyl/N-ethyl adjacent to an activating group) is 1. The van der Waals surface area contributed by atoms with Gasteiger partial charge in [0.05, 0.1) is 0 Å². The summed E-state index contributed by atoms with van der Waals surface area (Å²) < 4.78 is 0. The lowest BCUT2D eigenvalue weighted by atomic mass is 10.0. The molecule has 1 aromatic heterocycles. The molecular formula is C21H36N6O. The van der Waals surface area contributed by atoms with Gasteiger partial charge in [0.1, 0.15) is 5.82 Å². The predicted octanol–water partition coefficient (Wildman–Crippen LogP) is 1.90. The Labute approximate surface area is 169 Å². The van der Waals surface area contributed by atoms with Crippen molar-refractivity contribution in [2.75, 3.05) is 57.8 Å². The third-order valence-corrected chi connectivity index (χ3v) is 5.94. The molecule has 7 nitrogen and oxygen atoms in total. The number of piperidine rings is 1. The normalized spacial score (nSPS) is 21.5. The second kappa shape index (κ2) is 10.6. The van der Waals surface area contributed by atoms with E-state index in [4.69, 9.17) is 0 Å². The summed E-state index contributed by atoms with van der Waals surface area (Å²) in [4.78, 5) is 23.8. The van der Waals surface area contributed by atoms with E-state index in [1.807, 2.05) is 12.3 Å². The van der Waals surface area contributed by atoms with Crippen LogP contribution in [0.1, 0.15) is 38.2 Å². The summed E-state index contributed by atoms with van der Waals surface area (Å²) in [5.74, 6) is 1.00. The molecule has 156 valence electrons. The van der Waals surface area contributed by atoms with E-state index < -0.39 is 0 Å². The highest BCUT2D eigenvalue weighted by molar-refractivity contribution is 5.73. The Morgan fingerprint density at radius 2 is 2.00 bits per heavy atom. The number of hydrogen-bond acceptors (Lipinski definition) is 5. The number of anilines is 1. The van der Waals surface area contributed by atoms with Crippen molar-refractivity contribution in [1.29, 1.82) is 0 Å². The Balaban J connectivity index is 1.34. The topological polar surface area (TPSA) is 63.7 Å². The maximum Gasteiger partial charge on any atom is 0.315 e. The Morgan fingerprint density at radius 3 is 2.79 bits per heavy atom.